The Kier molecular flexibility index (Phi) is 4.98. The monoisotopic (exact) mass is 404 g/mol. The molecule has 0 fully saturated rings. The van der Waals surface area contributed by atoms with E-state index in [1.54, 1.807) is 0 Å². The van der Waals surface area contributed by atoms with Crippen LogP contribution >= 0.6 is 11.5 Å². The zero-order valence-corrected chi connectivity index (χ0v) is 17.2. The molecule has 29 heavy (non-hydrogen) atoms. The van der Waals surface area contributed by atoms with Crippen molar-refractivity contribution in [1.29, 1.82) is 0 Å². The lowest BCUT2D eigenvalue weighted by Gasteiger charge is -2.13. The Hall–Kier alpha value is -3.32. The van der Waals surface area contributed by atoms with Crippen LogP contribution < -0.4 is 10.9 Å². The summed E-state index contributed by atoms with van der Waals surface area (Å²) in [5, 5.41) is 2.92. The first-order chi connectivity index (χ1) is 13.9. The van der Waals surface area contributed by atoms with Crippen LogP contribution in [-0.2, 0) is 11.3 Å². The predicted octanol–water partition coefficient (Wildman–Crippen LogP) is 4.08. The van der Waals surface area contributed by atoms with Gasteiger partial charge in [-0.15, -0.1) is 0 Å². The summed E-state index contributed by atoms with van der Waals surface area (Å²) in [6.45, 7) is 5.83. The van der Waals surface area contributed by atoms with E-state index in [0.717, 1.165) is 39.5 Å². The second kappa shape index (κ2) is 7.60. The smallest absolute Gasteiger partial charge is 0.273 e. The molecule has 1 N–H and O–H groups in total. The maximum absolute atomic E-state index is 12.9. The number of fused-ring (bicyclic) bond motifs is 1. The van der Waals surface area contributed by atoms with Crippen LogP contribution in [0.15, 0.2) is 53.6 Å². The highest BCUT2D eigenvalue weighted by Gasteiger charge is 2.16. The predicted molar refractivity (Wildman–Crippen MR) is 116 cm³/mol. The van der Waals surface area contributed by atoms with E-state index < -0.39 is 0 Å². The van der Waals surface area contributed by atoms with Gasteiger partial charge in [-0.05, 0) is 43.4 Å². The van der Waals surface area contributed by atoms with Crippen molar-refractivity contribution in [2.45, 2.75) is 27.3 Å². The van der Waals surface area contributed by atoms with Crippen LogP contribution in [0.1, 0.15) is 16.7 Å². The van der Waals surface area contributed by atoms with Crippen LogP contribution in [0.3, 0.4) is 0 Å². The molecule has 0 saturated heterocycles. The van der Waals surface area contributed by atoms with E-state index in [0.29, 0.717) is 15.9 Å². The molecule has 2 heterocycles. The van der Waals surface area contributed by atoms with Gasteiger partial charge in [0.15, 0.2) is 0 Å². The van der Waals surface area contributed by atoms with Crippen LogP contribution in [0.25, 0.3) is 21.5 Å². The topological polar surface area (TPSA) is 76.9 Å². The molecule has 0 saturated carbocycles. The molecule has 0 aliphatic heterocycles. The second-order valence-corrected chi connectivity index (χ2v) is 7.85. The van der Waals surface area contributed by atoms with Crippen LogP contribution in [0.2, 0.25) is 0 Å². The molecule has 2 aromatic carbocycles. The first-order valence-electron chi connectivity index (χ1n) is 9.22. The van der Waals surface area contributed by atoms with Gasteiger partial charge < -0.3 is 5.32 Å². The Morgan fingerprint density at radius 1 is 1.10 bits per heavy atom. The maximum atomic E-state index is 12.9. The number of nitrogens with zero attached hydrogens (tertiary/aromatic N) is 3. The van der Waals surface area contributed by atoms with Gasteiger partial charge in [-0.1, -0.05) is 48.0 Å². The van der Waals surface area contributed by atoms with E-state index in [1.165, 1.54) is 10.9 Å². The molecule has 0 bridgehead atoms. The number of hydrogen-bond acceptors (Lipinski definition) is 5. The highest BCUT2D eigenvalue weighted by Crippen LogP contribution is 2.27. The quantitative estimate of drug-likeness (QED) is 0.556. The Balaban J connectivity index is 1.62. The van der Waals surface area contributed by atoms with E-state index >= 15 is 0 Å². The van der Waals surface area contributed by atoms with Gasteiger partial charge in [-0.25, -0.2) is 4.98 Å². The van der Waals surface area contributed by atoms with Crippen LogP contribution in [0, 0.1) is 20.8 Å². The first-order valence-corrected chi connectivity index (χ1v) is 9.99. The summed E-state index contributed by atoms with van der Waals surface area (Å²) < 4.78 is 6.18. The van der Waals surface area contributed by atoms with Gasteiger partial charge in [0.1, 0.15) is 22.5 Å². The standard InChI is InChI=1S/C22H20N4O2S/c1-13-9-14(2)18(15(3)10-13)24-17(27)11-26-12-23-20-19(16-7-5-4-6-8-16)25-29-21(20)22(26)28/h4-10,12H,11H2,1-3H3,(H,24,27). The molecule has 1 amide bonds. The molecule has 0 spiro atoms. The SMILES string of the molecule is Cc1cc(C)c(NC(=O)Cn2cnc3c(-c4ccccc4)nsc3c2=O)c(C)c1. The summed E-state index contributed by atoms with van der Waals surface area (Å²) >= 11 is 1.11. The first kappa shape index (κ1) is 19.0. The Labute approximate surface area is 172 Å². The third-order valence-corrected chi connectivity index (χ3v) is 5.58. The molecule has 0 aliphatic carbocycles. The molecule has 4 aromatic rings. The number of amides is 1. The number of hydrogen-bond donors (Lipinski definition) is 1. The van der Waals surface area contributed by atoms with Crippen molar-refractivity contribution >= 4 is 33.3 Å². The van der Waals surface area contributed by atoms with Gasteiger partial charge in [-0.3, -0.25) is 14.2 Å². The van der Waals surface area contributed by atoms with E-state index in [2.05, 4.69) is 14.7 Å². The highest BCUT2D eigenvalue weighted by atomic mass is 32.1. The van der Waals surface area contributed by atoms with E-state index in [4.69, 9.17) is 0 Å². The molecular weight excluding hydrogens is 384 g/mol. The maximum Gasteiger partial charge on any atom is 0.273 e. The van der Waals surface area contributed by atoms with Crippen molar-refractivity contribution in [2.75, 3.05) is 5.32 Å². The molecule has 0 atom stereocenters. The number of rotatable bonds is 4. The van der Waals surface area contributed by atoms with Crippen molar-refractivity contribution in [3.8, 4) is 11.3 Å². The molecule has 4 rings (SSSR count). The molecule has 146 valence electrons. The lowest BCUT2D eigenvalue weighted by atomic mass is 10.1. The van der Waals surface area contributed by atoms with Crippen LogP contribution in [0.4, 0.5) is 5.69 Å². The number of carbonyl (C=O) groups excluding carboxylic acids is 1. The van der Waals surface area contributed by atoms with Crippen molar-refractivity contribution in [1.82, 2.24) is 13.9 Å². The number of benzene rings is 2. The van der Waals surface area contributed by atoms with Gasteiger partial charge >= 0.3 is 0 Å². The lowest BCUT2D eigenvalue weighted by Crippen LogP contribution is -2.27. The zero-order valence-electron chi connectivity index (χ0n) is 16.4. The average molecular weight is 404 g/mol. The lowest BCUT2D eigenvalue weighted by molar-refractivity contribution is -0.116. The zero-order chi connectivity index (χ0) is 20.5. The van der Waals surface area contributed by atoms with Crippen molar-refractivity contribution < 1.29 is 4.79 Å². The van der Waals surface area contributed by atoms with Crippen molar-refractivity contribution in [3.05, 3.63) is 75.8 Å². The average Bonchev–Trinajstić information content (AvgIpc) is 3.12. The molecule has 0 radical (unpaired) electrons. The molecule has 6 nitrogen and oxygen atoms in total. The van der Waals surface area contributed by atoms with Gasteiger partial charge in [0.25, 0.3) is 5.56 Å². The largest absolute Gasteiger partial charge is 0.324 e. The van der Waals surface area contributed by atoms with Gasteiger partial charge in [0.05, 0.1) is 6.33 Å². The van der Waals surface area contributed by atoms with Crippen LogP contribution in [-0.4, -0.2) is 19.8 Å². The normalized spacial score (nSPS) is 11.0. The Morgan fingerprint density at radius 3 is 2.48 bits per heavy atom. The number of anilines is 1. The minimum absolute atomic E-state index is 0.104. The summed E-state index contributed by atoms with van der Waals surface area (Å²) in [6.07, 6.45) is 1.42. The van der Waals surface area contributed by atoms with Crippen molar-refractivity contribution in [3.63, 3.8) is 0 Å². The van der Waals surface area contributed by atoms with Crippen LogP contribution in [0.5, 0.6) is 0 Å². The summed E-state index contributed by atoms with van der Waals surface area (Å²) in [7, 11) is 0. The molecule has 7 heteroatoms. The Morgan fingerprint density at radius 2 is 1.79 bits per heavy atom. The van der Waals surface area contributed by atoms with E-state index in [-0.39, 0.29) is 18.0 Å². The Bertz CT molecular complexity index is 1250. The fourth-order valence-corrected chi connectivity index (χ4v) is 4.27. The third kappa shape index (κ3) is 3.69. The summed E-state index contributed by atoms with van der Waals surface area (Å²) in [6, 6.07) is 13.7. The molecule has 2 aromatic heterocycles. The molecular formula is C22H20N4O2S. The second-order valence-electron chi connectivity index (χ2n) is 7.07. The fraction of sp³-hybridized carbons (Fsp3) is 0.182. The number of aryl methyl sites for hydroxylation is 3. The summed E-state index contributed by atoms with van der Waals surface area (Å²) in [5.41, 5.74) is 5.81. The summed E-state index contributed by atoms with van der Waals surface area (Å²) in [4.78, 5) is 29.8. The summed E-state index contributed by atoms with van der Waals surface area (Å²) in [5.74, 6) is -0.267. The third-order valence-electron chi connectivity index (χ3n) is 4.75. The molecule has 0 aliphatic rings. The minimum atomic E-state index is -0.267. The fourth-order valence-electron chi connectivity index (χ4n) is 3.46. The van der Waals surface area contributed by atoms with Gasteiger partial charge in [-0.2, -0.15) is 4.37 Å². The van der Waals surface area contributed by atoms with Gasteiger partial charge in [0, 0.05) is 11.3 Å². The van der Waals surface area contributed by atoms with Gasteiger partial charge in [0.2, 0.25) is 5.91 Å². The number of nitrogens with one attached hydrogen (secondary N) is 1. The highest BCUT2D eigenvalue weighted by molar-refractivity contribution is 7.13. The minimum Gasteiger partial charge on any atom is -0.324 e. The number of aromatic nitrogens is 3. The number of carbonyl (C=O) groups is 1. The van der Waals surface area contributed by atoms with E-state index in [1.807, 2.05) is 63.2 Å². The van der Waals surface area contributed by atoms with Crippen molar-refractivity contribution in [2.24, 2.45) is 0 Å². The van der Waals surface area contributed by atoms with E-state index in [9.17, 15) is 9.59 Å². The molecule has 0 unspecified atom stereocenters.